The largest absolute Gasteiger partial charge is 0.309 e. The van der Waals surface area contributed by atoms with Crippen LogP contribution in [0.5, 0.6) is 0 Å². The minimum absolute atomic E-state index is 1.15. The van der Waals surface area contributed by atoms with Gasteiger partial charge in [-0.1, -0.05) is 115 Å². The highest BCUT2D eigenvalue weighted by molar-refractivity contribution is 6.12. The van der Waals surface area contributed by atoms with E-state index in [0.717, 1.165) is 16.6 Å². The summed E-state index contributed by atoms with van der Waals surface area (Å²) in [5.41, 5.74) is 16.0. The summed E-state index contributed by atoms with van der Waals surface area (Å²) in [7, 11) is 0. The first-order valence-electron chi connectivity index (χ1n) is 14.7. The van der Waals surface area contributed by atoms with E-state index in [9.17, 15) is 0 Å². The normalized spacial score (nSPS) is 11.7. The van der Waals surface area contributed by atoms with Crippen molar-refractivity contribution in [3.8, 4) is 61.3 Å². The molecular weight excluding hydrogens is 520 g/mol. The number of para-hydroxylation sites is 1. The molecule has 0 saturated carbocycles. The lowest BCUT2D eigenvalue weighted by Gasteiger charge is -2.25. The first kappa shape index (κ1) is 23.9. The van der Waals surface area contributed by atoms with Crippen LogP contribution in [0.2, 0.25) is 0 Å². The number of nitrogens with zero attached hydrogens (tertiary/aromatic N) is 2. The molecule has 43 heavy (non-hydrogen) atoms. The van der Waals surface area contributed by atoms with Gasteiger partial charge < -0.3 is 4.57 Å². The highest BCUT2D eigenvalue weighted by atomic mass is 15.0. The number of rotatable bonds is 2. The van der Waals surface area contributed by atoms with Gasteiger partial charge in [0.1, 0.15) is 0 Å². The first-order valence-corrected chi connectivity index (χ1v) is 14.7. The zero-order chi connectivity index (χ0) is 28.3. The van der Waals surface area contributed by atoms with Crippen LogP contribution in [0.4, 0.5) is 0 Å². The van der Waals surface area contributed by atoms with Crippen molar-refractivity contribution in [3.05, 3.63) is 158 Å². The van der Waals surface area contributed by atoms with Gasteiger partial charge in [-0.05, 0) is 86.0 Å². The van der Waals surface area contributed by atoms with Gasteiger partial charge in [-0.25, -0.2) is 0 Å². The molecule has 2 aromatic heterocycles. The summed E-state index contributed by atoms with van der Waals surface area (Å²) in [5, 5.41) is 2.36. The Bertz CT molecular complexity index is 2340. The number of hydrogen-bond donors (Lipinski definition) is 0. The third-order valence-electron chi connectivity index (χ3n) is 8.88. The maximum absolute atomic E-state index is 4.53. The molecule has 0 atom stereocenters. The van der Waals surface area contributed by atoms with Crippen LogP contribution in [0.15, 0.2) is 158 Å². The lowest BCUT2D eigenvalue weighted by atomic mass is 9.78. The Morgan fingerprint density at radius 2 is 0.930 bits per heavy atom. The smallest absolute Gasteiger partial charge is 0.0571 e. The van der Waals surface area contributed by atoms with Crippen LogP contribution in [0.1, 0.15) is 0 Å². The topological polar surface area (TPSA) is 17.8 Å². The molecule has 9 rings (SSSR count). The molecule has 0 amide bonds. The fraction of sp³-hybridized carbons (Fsp3) is 0. The van der Waals surface area contributed by atoms with Crippen molar-refractivity contribution in [3.63, 3.8) is 0 Å². The van der Waals surface area contributed by atoms with Crippen molar-refractivity contribution in [1.82, 2.24) is 9.55 Å². The number of aromatic nitrogens is 2. The predicted molar refractivity (Wildman–Crippen MR) is 179 cm³/mol. The minimum atomic E-state index is 1.15. The van der Waals surface area contributed by atoms with Crippen LogP contribution in [0.3, 0.4) is 0 Å². The first-order chi connectivity index (χ1) is 21.4. The van der Waals surface area contributed by atoms with Gasteiger partial charge >= 0.3 is 0 Å². The van der Waals surface area contributed by atoms with E-state index in [4.69, 9.17) is 0 Å². The Balaban J connectivity index is 1.36. The molecule has 2 heterocycles. The zero-order valence-corrected chi connectivity index (χ0v) is 23.4. The van der Waals surface area contributed by atoms with Crippen molar-refractivity contribution in [2.45, 2.75) is 0 Å². The van der Waals surface area contributed by atoms with E-state index in [1.54, 1.807) is 0 Å². The van der Waals surface area contributed by atoms with Crippen LogP contribution in [-0.2, 0) is 0 Å². The second-order valence-corrected chi connectivity index (χ2v) is 11.2. The molecule has 0 spiro atoms. The van der Waals surface area contributed by atoms with Crippen molar-refractivity contribution < 1.29 is 0 Å². The van der Waals surface area contributed by atoms with Crippen LogP contribution in [0.25, 0.3) is 83.1 Å². The van der Waals surface area contributed by atoms with Crippen molar-refractivity contribution in [2.75, 3.05) is 0 Å². The van der Waals surface area contributed by atoms with Gasteiger partial charge in [0.15, 0.2) is 0 Å². The summed E-state index contributed by atoms with van der Waals surface area (Å²) in [4.78, 5) is 4.53. The molecule has 2 nitrogen and oxygen atoms in total. The van der Waals surface area contributed by atoms with Crippen molar-refractivity contribution in [1.29, 1.82) is 0 Å². The molecule has 2 heteroatoms. The van der Waals surface area contributed by atoms with Gasteiger partial charge in [0.25, 0.3) is 0 Å². The van der Waals surface area contributed by atoms with Gasteiger partial charge in [0.2, 0.25) is 0 Å². The predicted octanol–water partition coefficient (Wildman–Crippen LogP) is 10.8. The average Bonchev–Trinajstić information content (AvgIpc) is 3.41. The third-order valence-corrected chi connectivity index (χ3v) is 8.88. The second kappa shape index (κ2) is 9.40. The lowest BCUT2D eigenvalue weighted by Crippen LogP contribution is -1.98. The van der Waals surface area contributed by atoms with E-state index in [1.165, 1.54) is 66.5 Å². The summed E-state index contributed by atoms with van der Waals surface area (Å²) >= 11 is 0. The van der Waals surface area contributed by atoms with E-state index in [0.29, 0.717) is 0 Å². The van der Waals surface area contributed by atoms with Gasteiger partial charge in [0, 0.05) is 28.9 Å². The molecule has 0 unspecified atom stereocenters. The fourth-order valence-corrected chi connectivity index (χ4v) is 7.04. The molecule has 0 bridgehead atoms. The molecule has 200 valence electrons. The summed E-state index contributed by atoms with van der Waals surface area (Å²) in [6.07, 6.45) is 3.88. The second-order valence-electron chi connectivity index (χ2n) is 11.2. The maximum Gasteiger partial charge on any atom is 0.0571 e. The van der Waals surface area contributed by atoms with Gasteiger partial charge in [-0.2, -0.15) is 0 Å². The molecule has 1 aliphatic carbocycles. The Morgan fingerprint density at radius 1 is 0.395 bits per heavy atom. The molecular formula is C41H26N2. The molecule has 0 N–H and O–H groups in total. The summed E-state index contributed by atoms with van der Waals surface area (Å²) in [5.74, 6) is 0. The standard InChI is InChI=1S/C41H26N2/c1-2-11-28(12-3-1)43-39-22-21-27(25-37(39)38-26-42-24-23-40(38)43)29-19-10-20-36-34-16-7-6-15-32(34)30-13-4-5-14-31(30)33-17-8-9-18-35(33)41(29)36/h1-26H. The Morgan fingerprint density at radius 3 is 1.63 bits per heavy atom. The van der Waals surface area contributed by atoms with E-state index >= 15 is 0 Å². The SMILES string of the molecule is c1ccc(-n2c3ccncc3c3cc(-c4cccc5c4-c4ccccc4-c4ccccc4-c4ccccc4-5)ccc32)cc1. The van der Waals surface area contributed by atoms with Gasteiger partial charge in [0.05, 0.1) is 11.0 Å². The van der Waals surface area contributed by atoms with E-state index in [1.807, 2.05) is 12.4 Å². The lowest BCUT2D eigenvalue weighted by molar-refractivity contribution is 1.17. The van der Waals surface area contributed by atoms with E-state index in [-0.39, 0.29) is 0 Å². The minimum Gasteiger partial charge on any atom is -0.309 e. The molecule has 6 aromatic carbocycles. The van der Waals surface area contributed by atoms with Gasteiger partial charge in [-0.3, -0.25) is 4.98 Å². The number of pyridine rings is 1. The molecule has 0 saturated heterocycles. The Labute approximate surface area is 250 Å². The van der Waals surface area contributed by atoms with Crippen molar-refractivity contribution >= 4 is 21.8 Å². The Kier molecular flexibility index (Phi) is 5.23. The van der Waals surface area contributed by atoms with Crippen molar-refractivity contribution in [2.24, 2.45) is 0 Å². The van der Waals surface area contributed by atoms with Crippen LogP contribution in [0, 0.1) is 0 Å². The van der Waals surface area contributed by atoms with Gasteiger partial charge in [-0.15, -0.1) is 0 Å². The van der Waals surface area contributed by atoms with E-state index < -0.39 is 0 Å². The number of benzene rings is 6. The summed E-state index contributed by atoms with van der Waals surface area (Å²) in [6.45, 7) is 0. The molecule has 0 radical (unpaired) electrons. The fourth-order valence-electron chi connectivity index (χ4n) is 7.04. The van der Waals surface area contributed by atoms with Crippen LogP contribution >= 0.6 is 0 Å². The number of fused-ring (bicyclic) bond motifs is 11. The summed E-state index contributed by atoms with van der Waals surface area (Å²) in [6, 6.07) is 52.9. The molecule has 0 fully saturated rings. The van der Waals surface area contributed by atoms with Crippen LogP contribution < -0.4 is 0 Å². The molecule has 1 aliphatic rings. The highest BCUT2D eigenvalue weighted by Gasteiger charge is 2.24. The maximum atomic E-state index is 4.53. The average molecular weight is 547 g/mol. The Hall–Kier alpha value is -5.73. The third kappa shape index (κ3) is 3.57. The quantitative estimate of drug-likeness (QED) is 0.211. The molecule has 0 aliphatic heterocycles. The van der Waals surface area contributed by atoms with Crippen LogP contribution in [-0.4, -0.2) is 9.55 Å². The summed E-state index contributed by atoms with van der Waals surface area (Å²) < 4.78 is 2.34. The monoisotopic (exact) mass is 546 g/mol. The highest BCUT2D eigenvalue weighted by Crippen LogP contribution is 2.50. The van der Waals surface area contributed by atoms with E-state index in [2.05, 4.69) is 155 Å². The number of hydrogen-bond acceptors (Lipinski definition) is 1. The molecule has 8 aromatic rings. The zero-order valence-electron chi connectivity index (χ0n) is 23.4.